The van der Waals surface area contributed by atoms with Crippen LogP contribution in [0, 0.1) is 5.92 Å². The van der Waals surface area contributed by atoms with E-state index >= 15 is 0 Å². The lowest BCUT2D eigenvalue weighted by molar-refractivity contribution is 0.0900. The van der Waals surface area contributed by atoms with Gasteiger partial charge in [-0.05, 0) is 30.9 Å². The Morgan fingerprint density at radius 1 is 1.45 bits per heavy atom. The molecular weight excluding hydrogens is 276 g/mol. The third-order valence-electron chi connectivity index (χ3n) is 2.86. The number of nitrogens with one attached hydrogen (secondary N) is 1. The lowest BCUT2D eigenvalue weighted by atomic mass is 10.1. The average Bonchev–Trinajstić information content (AvgIpc) is 2.34. The van der Waals surface area contributed by atoms with E-state index in [9.17, 15) is 9.90 Å². The molecular formula is C15H23ClN2O2. The first-order valence-electron chi connectivity index (χ1n) is 7.05. The Morgan fingerprint density at radius 2 is 2.15 bits per heavy atom. The van der Waals surface area contributed by atoms with Crippen molar-refractivity contribution in [2.24, 2.45) is 5.92 Å². The van der Waals surface area contributed by atoms with E-state index in [1.807, 2.05) is 20.8 Å². The molecule has 0 aliphatic rings. The van der Waals surface area contributed by atoms with Gasteiger partial charge >= 0.3 is 0 Å². The molecule has 2 N–H and O–H groups in total. The number of halogens is 1. The normalized spacial score (nSPS) is 12.5. The summed E-state index contributed by atoms with van der Waals surface area (Å²) in [5.41, 5.74) is 1.30. The highest BCUT2D eigenvalue weighted by Gasteiger charge is 2.12. The van der Waals surface area contributed by atoms with Gasteiger partial charge in [-0.25, -0.2) is 4.98 Å². The van der Waals surface area contributed by atoms with Crippen molar-refractivity contribution in [2.75, 3.05) is 6.54 Å². The maximum atomic E-state index is 12.0. The third kappa shape index (κ3) is 5.88. The van der Waals surface area contributed by atoms with Crippen LogP contribution in [-0.2, 0) is 6.42 Å². The maximum absolute atomic E-state index is 12.0. The van der Waals surface area contributed by atoms with Gasteiger partial charge in [0.05, 0.1) is 6.10 Å². The van der Waals surface area contributed by atoms with Crippen molar-refractivity contribution in [2.45, 2.75) is 46.1 Å². The molecule has 20 heavy (non-hydrogen) atoms. The molecule has 0 aromatic carbocycles. The van der Waals surface area contributed by atoms with E-state index in [0.717, 1.165) is 18.5 Å². The largest absolute Gasteiger partial charge is 0.391 e. The number of aliphatic hydroxyl groups excluding tert-OH is 1. The minimum atomic E-state index is -0.522. The van der Waals surface area contributed by atoms with Crippen molar-refractivity contribution in [3.05, 3.63) is 28.5 Å². The lowest BCUT2D eigenvalue weighted by Gasteiger charge is -2.14. The smallest absolute Gasteiger partial charge is 0.251 e. The molecule has 4 nitrogen and oxygen atoms in total. The van der Waals surface area contributed by atoms with E-state index in [-0.39, 0.29) is 12.5 Å². The Balaban J connectivity index is 2.63. The SMILES string of the molecule is CCCc1cc(C(=O)NCC(O)CC(C)C)cc(Cl)n1. The highest BCUT2D eigenvalue weighted by Crippen LogP contribution is 2.12. The minimum Gasteiger partial charge on any atom is -0.391 e. The average molecular weight is 299 g/mol. The fourth-order valence-corrected chi connectivity index (χ4v) is 2.23. The zero-order chi connectivity index (χ0) is 15.1. The number of aromatic nitrogens is 1. The van der Waals surface area contributed by atoms with E-state index in [1.54, 1.807) is 12.1 Å². The number of amides is 1. The van der Waals surface area contributed by atoms with Crippen molar-refractivity contribution in [3.8, 4) is 0 Å². The highest BCUT2D eigenvalue weighted by molar-refractivity contribution is 6.29. The van der Waals surface area contributed by atoms with Crippen molar-refractivity contribution in [3.63, 3.8) is 0 Å². The van der Waals surface area contributed by atoms with Crippen LogP contribution < -0.4 is 5.32 Å². The molecule has 112 valence electrons. The van der Waals surface area contributed by atoms with E-state index in [4.69, 9.17) is 11.6 Å². The van der Waals surface area contributed by atoms with Gasteiger partial charge in [-0.15, -0.1) is 0 Å². The standard InChI is InChI=1S/C15H23ClN2O2/c1-4-5-12-7-11(8-14(16)18-12)15(20)17-9-13(19)6-10(2)3/h7-8,10,13,19H,4-6,9H2,1-3H3,(H,17,20). The van der Waals surface area contributed by atoms with Gasteiger partial charge in [0.1, 0.15) is 5.15 Å². The summed E-state index contributed by atoms with van der Waals surface area (Å²) in [6.45, 7) is 6.36. The van der Waals surface area contributed by atoms with Crippen LogP contribution in [0.3, 0.4) is 0 Å². The molecule has 1 amide bonds. The molecule has 0 spiro atoms. The first kappa shape index (κ1) is 16.9. The van der Waals surface area contributed by atoms with Crippen LogP contribution in [0.15, 0.2) is 12.1 Å². The van der Waals surface area contributed by atoms with Gasteiger partial charge in [0.2, 0.25) is 0 Å². The fourth-order valence-electron chi connectivity index (χ4n) is 2.01. The Kier molecular flexibility index (Phi) is 6.96. The second kappa shape index (κ2) is 8.22. The number of aliphatic hydroxyl groups is 1. The van der Waals surface area contributed by atoms with Gasteiger partial charge in [0, 0.05) is 17.8 Å². The molecule has 5 heteroatoms. The fraction of sp³-hybridized carbons (Fsp3) is 0.600. The lowest BCUT2D eigenvalue weighted by Crippen LogP contribution is -2.32. The first-order valence-corrected chi connectivity index (χ1v) is 7.42. The Hall–Kier alpha value is -1.13. The van der Waals surface area contributed by atoms with Crippen LogP contribution in [0.25, 0.3) is 0 Å². The predicted molar refractivity (Wildman–Crippen MR) is 81.0 cm³/mol. The van der Waals surface area contributed by atoms with Crippen LogP contribution in [-0.4, -0.2) is 28.6 Å². The van der Waals surface area contributed by atoms with Crippen LogP contribution >= 0.6 is 11.6 Å². The Morgan fingerprint density at radius 3 is 2.75 bits per heavy atom. The van der Waals surface area contributed by atoms with Crippen molar-refractivity contribution >= 4 is 17.5 Å². The molecule has 1 rings (SSSR count). The summed E-state index contributed by atoms with van der Waals surface area (Å²) in [5.74, 6) is 0.169. The van der Waals surface area contributed by atoms with E-state index in [1.165, 1.54) is 0 Å². The van der Waals surface area contributed by atoms with Crippen molar-refractivity contribution in [1.82, 2.24) is 10.3 Å². The number of carbonyl (C=O) groups is 1. The van der Waals surface area contributed by atoms with E-state index in [0.29, 0.717) is 23.1 Å². The highest BCUT2D eigenvalue weighted by atomic mass is 35.5. The molecule has 0 bridgehead atoms. The zero-order valence-electron chi connectivity index (χ0n) is 12.3. The summed E-state index contributed by atoms with van der Waals surface area (Å²) in [6, 6.07) is 3.30. The van der Waals surface area contributed by atoms with Gasteiger partial charge in [-0.1, -0.05) is 38.8 Å². The molecule has 0 saturated heterocycles. The minimum absolute atomic E-state index is 0.227. The summed E-state index contributed by atoms with van der Waals surface area (Å²) in [6.07, 6.45) is 1.88. The van der Waals surface area contributed by atoms with E-state index in [2.05, 4.69) is 10.3 Å². The van der Waals surface area contributed by atoms with Gasteiger partial charge < -0.3 is 10.4 Å². The molecule has 1 heterocycles. The maximum Gasteiger partial charge on any atom is 0.251 e. The number of rotatable bonds is 7. The van der Waals surface area contributed by atoms with Crippen LogP contribution in [0.4, 0.5) is 0 Å². The number of carbonyl (C=O) groups excluding carboxylic acids is 1. The molecule has 0 saturated carbocycles. The quantitative estimate of drug-likeness (QED) is 0.761. The number of hydrogen-bond donors (Lipinski definition) is 2. The number of pyridine rings is 1. The monoisotopic (exact) mass is 298 g/mol. The van der Waals surface area contributed by atoms with Crippen molar-refractivity contribution < 1.29 is 9.90 Å². The second-order valence-corrected chi connectivity index (χ2v) is 5.80. The number of aryl methyl sites for hydroxylation is 1. The van der Waals surface area contributed by atoms with Crippen LogP contribution in [0.1, 0.15) is 49.7 Å². The Labute approximate surface area is 125 Å². The summed E-state index contributed by atoms with van der Waals surface area (Å²) in [7, 11) is 0. The molecule has 1 unspecified atom stereocenters. The van der Waals surface area contributed by atoms with Crippen LogP contribution in [0.5, 0.6) is 0 Å². The summed E-state index contributed by atoms with van der Waals surface area (Å²) >= 11 is 5.92. The van der Waals surface area contributed by atoms with Gasteiger partial charge in [0.25, 0.3) is 5.91 Å². The van der Waals surface area contributed by atoms with E-state index < -0.39 is 6.10 Å². The third-order valence-corrected chi connectivity index (χ3v) is 3.05. The second-order valence-electron chi connectivity index (χ2n) is 5.41. The number of hydrogen-bond acceptors (Lipinski definition) is 3. The molecule has 0 fully saturated rings. The molecule has 0 radical (unpaired) electrons. The topological polar surface area (TPSA) is 62.2 Å². The summed E-state index contributed by atoms with van der Waals surface area (Å²) in [4.78, 5) is 16.2. The molecule has 1 aromatic heterocycles. The zero-order valence-corrected chi connectivity index (χ0v) is 13.1. The molecule has 0 aliphatic carbocycles. The molecule has 1 aromatic rings. The van der Waals surface area contributed by atoms with Gasteiger partial charge in [-0.2, -0.15) is 0 Å². The van der Waals surface area contributed by atoms with Gasteiger partial charge in [0.15, 0.2) is 0 Å². The summed E-state index contributed by atoms with van der Waals surface area (Å²) < 4.78 is 0. The molecule has 1 atom stereocenters. The van der Waals surface area contributed by atoms with Crippen LogP contribution in [0.2, 0.25) is 5.15 Å². The number of nitrogens with zero attached hydrogens (tertiary/aromatic N) is 1. The Bertz CT molecular complexity index is 449. The first-order chi connectivity index (χ1) is 9.42. The molecule has 0 aliphatic heterocycles. The van der Waals surface area contributed by atoms with Gasteiger partial charge in [-0.3, -0.25) is 4.79 Å². The summed E-state index contributed by atoms with van der Waals surface area (Å²) in [5, 5.41) is 12.8. The van der Waals surface area contributed by atoms with Crippen molar-refractivity contribution in [1.29, 1.82) is 0 Å². The predicted octanol–water partition coefficient (Wildman–Crippen LogP) is 2.82.